The van der Waals surface area contributed by atoms with Crippen molar-refractivity contribution in [3.8, 4) is 17.2 Å². The van der Waals surface area contributed by atoms with E-state index in [0.29, 0.717) is 29.4 Å². The van der Waals surface area contributed by atoms with Crippen LogP contribution in [0.25, 0.3) is 0 Å². The van der Waals surface area contributed by atoms with Crippen LogP contribution >= 0.6 is 12.2 Å². The van der Waals surface area contributed by atoms with E-state index in [1.165, 1.54) is 21.3 Å². The molecule has 0 bridgehead atoms. The van der Waals surface area contributed by atoms with Gasteiger partial charge in [-0.2, -0.15) is 0 Å². The minimum Gasteiger partial charge on any atom is -0.493 e. The van der Waals surface area contributed by atoms with Crippen molar-refractivity contribution in [2.75, 3.05) is 21.3 Å². The van der Waals surface area contributed by atoms with Gasteiger partial charge in [-0.3, -0.25) is 15.1 Å². The highest BCUT2D eigenvalue weighted by Gasteiger charge is 2.17. The lowest BCUT2D eigenvalue weighted by atomic mass is 10.1. The van der Waals surface area contributed by atoms with Gasteiger partial charge in [0.2, 0.25) is 5.75 Å². The zero-order chi connectivity index (χ0) is 18.2. The number of hydrogen-bond acceptors (Lipinski definition) is 6. The van der Waals surface area contributed by atoms with E-state index in [2.05, 4.69) is 15.6 Å². The van der Waals surface area contributed by atoms with E-state index in [1.807, 2.05) is 12.1 Å². The molecule has 0 aliphatic rings. The van der Waals surface area contributed by atoms with Gasteiger partial charge in [0.15, 0.2) is 16.6 Å². The number of nitrogens with one attached hydrogen (secondary N) is 2. The number of nitrogens with zero attached hydrogens (tertiary/aromatic N) is 1. The number of methoxy groups -OCH3 is 3. The van der Waals surface area contributed by atoms with E-state index in [1.54, 1.807) is 24.5 Å². The van der Waals surface area contributed by atoms with E-state index >= 15 is 0 Å². The van der Waals surface area contributed by atoms with Crippen LogP contribution in [0.4, 0.5) is 0 Å². The molecule has 0 saturated carbocycles. The molecule has 2 aromatic rings. The molecule has 1 aromatic heterocycles. The molecule has 1 amide bonds. The van der Waals surface area contributed by atoms with Gasteiger partial charge in [0, 0.05) is 24.5 Å². The van der Waals surface area contributed by atoms with Crippen molar-refractivity contribution in [1.82, 2.24) is 15.6 Å². The summed E-state index contributed by atoms with van der Waals surface area (Å²) in [6.07, 6.45) is 3.41. The van der Waals surface area contributed by atoms with Crippen LogP contribution in [0.3, 0.4) is 0 Å². The molecule has 0 radical (unpaired) electrons. The second-order valence-electron chi connectivity index (χ2n) is 4.91. The fraction of sp³-hybridized carbons (Fsp3) is 0.235. The molecule has 0 fully saturated rings. The highest BCUT2D eigenvalue weighted by atomic mass is 32.1. The van der Waals surface area contributed by atoms with Crippen LogP contribution in [0, 0.1) is 0 Å². The Bertz CT molecular complexity index is 728. The number of rotatable bonds is 6. The van der Waals surface area contributed by atoms with E-state index in [4.69, 9.17) is 26.4 Å². The van der Waals surface area contributed by atoms with Gasteiger partial charge >= 0.3 is 0 Å². The summed E-state index contributed by atoms with van der Waals surface area (Å²) in [4.78, 5) is 16.4. The SMILES string of the molecule is COc1cc(C(=O)NC(=S)NCc2cccnc2)cc(OC)c1OC. The third kappa shape index (κ3) is 4.80. The molecule has 0 saturated heterocycles. The predicted octanol–water partition coefficient (Wildman–Crippen LogP) is 1.91. The van der Waals surface area contributed by atoms with Crippen LogP contribution in [-0.2, 0) is 6.54 Å². The van der Waals surface area contributed by atoms with Crippen molar-refractivity contribution in [2.24, 2.45) is 0 Å². The number of aromatic nitrogens is 1. The Morgan fingerprint density at radius 3 is 2.36 bits per heavy atom. The first-order chi connectivity index (χ1) is 12.1. The monoisotopic (exact) mass is 361 g/mol. The molecule has 0 spiro atoms. The number of ether oxygens (including phenoxy) is 3. The Morgan fingerprint density at radius 2 is 1.84 bits per heavy atom. The van der Waals surface area contributed by atoms with Crippen molar-refractivity contribution in [1.29, 1.82) is 0 Å². The molecule has 0 unspecified atom stereocenters. The van der Waals surface area contributed by atoms with E-state index in [9.17, 15) is 4.79 Å². The lowest BCUT2D eigenvalue weighted by Crippen LogP contribution is -2.38. The summed E-state index contributed by atoms with van der Waals surface area (Å²) >= 11 is 5.15. The number of carbonyl (C=O) groups excluding carboxylic acids is 1. The number of pyridine rings is 1. The number of thiocarbonyl (C=S) groups is 1. The van der Waals surface area contributed by atoms with Crippen molar-refractivity contribution in [3.05, 3.63) is 47.8 Å². The maximum atomic E-state index is 12.4. The maximum Gasteiger partial charge on any atom is 0.257 e. The number of carbonyl (C=O) groups is 1. The highest BCUT2D eigenvalue weighted by Crippen LogP contribution is 2.38. The largest absolute Gasteiger partial charge is 0.493 e. The summed E-state index contributed by atoms with van der Waals surface area (Å²) in [5.74, 6) is 0.809. The Kier molecular flexibility index (Phi) is 6.53. The molecule has 1 heterocycles. The second kappa shape index (κ2) is 8.84. The molecule has 25 heavy (non-hydrogen) atoms. The summed E-state index contributed by atoms with van der Waals surface area (Å²) in [5, 5.41) is 5.78. The first kappa shape index (κ1) is 18.5. The maximum absolute atomic E-state index is 12.4. The van der Waals surface area contributed by atoms with Gasteiger partial charge in [-0.05, 0) is 36.0 Å². The van der Waals surface area contributed by atoms with E-state index in [-0.39, 0.29) is 11.0 Å². The smallest absolute Gasteiger partial charge is 0.257 e. The standard InChI is InChI=1S/C17H19N3O4S/c1-22-13-7-12(8-14(23-2)15(13)24-3)16(21)20-17(25)19-10-11-5-4-6-18-9-11/h4-9H,10H2,1-3H3,(H2,19,20,21,25). The summed E-state index contributed by atoms with van der Waals surface area (Å²) in [6.45, 7) is 0.461. The molecule has 1 aromatic carbocycles. The lowest BCUT2D eigenvalue weighted by Gasteiger charge is -2.14. The van der Waals surface area contributed by atoms with Crippen LogP contribution in [0.1, 0.15) is 15.9 Å². The summed E-state index contributed by atoms with van der Waals surface area (Å²) < 4.78 is 15.7. The molecule has 0 aliphatic carbocycles. The topological polar surface area (TPSA) is 81.7 Å². The van der Waals surface area contributed by atoms with Gasteiger partial charge < -0.3 is 19.5 Å². The molecule has 7 nitrogen and oxygen atoms in total. The van der Waals surface area contributed by atoms with Crippen molar-refractivity contribution < 1.29 is 19.0 Å². The predicted molar refractivity (Wildman–Crippen MR) is 97.2 cm³/mol. The van der Waals surface area contributed by atoms with Gasteiger partial charge in [-0.15, -0.1) is 0 Å². The summed E-state index contributed by atoms with van der Waals surface area (Å²) in [5.41, 5.74) is 1.28. The Morgan fingerprint density at radius 1 is 1.16 bits per heavy atom. The molecule has 0 aliphatic heterocycles. The van der Waals surface area contributed by atoms with Crippen LogP contribution in [0.15, 0.2) is 36.7 Å². The van der Waals surface area contributed by atoms with Crippen molar-refractivity contribution in [2.45, 2.75) is 6.54 Å². The molecule has 8 heteroatoms. The fourth-order valence-corrected chi connectivity index (χ4v) is 2.28. The van der Waals surface area contributed by atoms with Gasteiger partial charge in [0.25, 0.3) is 5.91 Å². The Hall–Kier alpha value is -2.87. The van der Waals surface area contributed by atoms with Crippen LogP contribution in [0.5, 0.6) is 17.2 Å². The highest BCUT2D eigenvalue weighted by molar-refractivity contribution is 7.80. The second-order valence-corrected chi connectivity index (χ2v) is 5.32. The van der Waals surface area contributed by atoms with Crippen LogP contribution in [0.2, 0.25) is 0 Å². The average molecular weight is 361 g/mol. The molecule has 132 valence electrons. The normalized spacial score (nSPS) is 9.88. The average Bonchev–Trinajstić information content (AvgIpc) is 2.65. The van der Waals surface area contributed by atoms with Gasteiger partial charge in [-0.25, -0.2) is 0 Å². The zero-order valence-electron chi connectivity index (χ0n) is 14.2. The number of amides is 1. The number of benzene rings is 1. The van der Waals surface area contributed by atoms with Gasteiger partial charge in [0.1, 0.15) is 0 Å². The Labute approximate surface area is 151 Å². The minimum atomic E-state index is -0.386. The summed E-state index contributed by atoms with van der Waals surface area (Å²) in [6, 6.07) is 6.85. The molecule has 2 N–H and O–H groups in total. The zero-order valence-corrected chi connectivity index (χ0v) is 15.0. The fourth-order valence-electron chi connectivity index (χ4n) is 2.12. The molecule has 2 rings (SSSR count). The van der Waals surface area contributed by atoms with Crippen LogP contribution in [-0.4, -0.2) is 37.3 Å². The third-order valence-corrected chi connectivity index (χ3v) is 3.58. The molecular formula is C17H19N3O4S. The van der Waals surface area contributed by atoms with E-state index < -0.39 is 0 Å². The first-order valence-corrected chi connectivity index (χ1v) is 7.78. The van der Waals surface area contributed by atoms with Crippen molar-refractivity contribution in [3.63, 3.8) is 0 Å². The van der Waals surface area contributed by atoms with Gasteiger partial charge in [-0.1, -0.05) is 6.07 Å². The van der Waals surface area contributed by atoms with Crippen molar-refractivity contribution >= 4 is 23.2 Å². The molecular weight excluding hydrogens is 342 g/mol. The lowest BCUT2D eigenvalue weighted by molar-refractivity contribution is 0.0976. The summed E-state index contributed by atoms with van der Waals surface area (Å²) in [7, 11) is 4.47. The molecule has 0 atom stereocenters. The van der Waals surface area contributed by atoms with Gasteiger partial charge in [0.05, 0.1) is 21.3 Å². The van der Waals surface area contributed by atoms with Crippen LogP contribution < -0.4 is 24.8 Å². The number of hydrogen-bond donors (Lipinski definition) is 2. The minimum absolute atomic E-state index is 0.211. The third-order valence-electron chi connectivity index (χ3n) is 3.33. The Balaban J connectivity index is 2.06. The first-order valence-electron chi connectivity index (χ1n) is 7.37. The quantitative estimate of drug-likeness (QED) is 0.761. The van der Waals surface area contributed by atoms with E-state index in [0.717, 1.165) is 5.56 Å².